The van der Waals surface area contributed by atoms with Gasteiger partial charge in [-0.2, -0.15) is 0 Å². The van der Waals surface area contributed by atoms with Crippen LogP contribution in [0.15, 0.2) is 36.4 Å². The molecule has 0 aromatic heterocycles. The van der Waals surface area contributed by atoms with Crippen LogP contribution in [0.5, 0.6) is 11.5 Å². The van der Waals surface area contributed by atoms with Gasteiger partial charge in [0.1, 0.15) is 25.8 Å². The Morgan fingerprint density at radius 3 is 2.40 bits per heavy atom. The van der Waals surface area contributed by atoms with Gasteiger partial charge in [0.15, 0.2) is 11.5 Å². The summed E-state index contributed by atoms with van der Waals surface area (Å²) in [7, 11) is -3.87. The summed E-state index contributed by atoms with van der Waals surface area (Å²) in [5, 5.41) is 3.44. The van der Waals surface area contributed by atoms with Crippen LogP contribution in [0.2, 0.25) is 10.0 Å². The van der Waals surface area contributed by atoms with Gasteiger partial charge in [-0.15, -0.1) is 0 Å². The van der Waals surface area contributed by atoms with E-state index in [-0.39, 0.29) is 18.1 Å². The molecule has 1 N–H and O–H groups in total. The third-order valence-corrected chi connectivity index (χ3v) is 7.09. The Kier molecular flexibility index (Phi) is 8.74. The highest BCUT2D eigenvalue weighted by atomic mass is 35.5. The standard InChI is InChI=1S/C23H27Cl2N3O6S/c1-4-26-23(30)15(2)27(13-16-5-6-17(24)11-19(16)25)22(29)14-28(35(3,31)32)18-7-8-20-21(12-18)34-10-9-33-20/h5-8,11-12,15H,4,9-10,13-14H2,1-3H3,(H,26,30). The summed E-state index contributed by atoms with van der Waals surface area (Å²) in [6.45, 7) is 3.87. The summed E-state index contributed by atoms with van der Waals surface area (Å²) in [6, 6.07) is 8.57. The van der Waals surface area contributed by atoms with Crippen molar-refractivity contribution in [2.75, 3.05) is 36.9 Å². The number of carbonyl (C=O) groups is 2. The minimum Gasteiger partial charge on any atom is -0.486 e. The van der Waals surface area contributed by atoms with Gasteiger partial charge in [-0.25, -0.2) is 8.42 Å². The summed E-state index contributed by atoms with van der Waals surface area (Å²) < 4.78 is 37.4. The molecule has 0 spiro atoms. The van der Waals surface area contributed by atoms with Crippen LogP contribution in [0.4, 0.5) is 5.69 Å². The molecule has 1 aliphatic heterocycles. The number of nitrogens with zero attached hydrogens (tertiary/aromatic N) is 2. The Bertz CT molecular complexity index is 1210. The van der Waals surface area contributed by atoms with Crippen molar-refractivity contribution in [1.82, 2.24) is 10.2 Å². The molecule has 0 saturated carbocycles. The second-order valence-electron chi connectivity index (χ2n) is 7.93. The van der Waals surface area contributed by atoms with Crippen LogP contribution in [0.3, 0.4) is 0 Å². The third kappa shape index (κ3) is 6.71. The van der Waals surface area contributed by atoms with E-state index in [9.17, 15) is 18.0 Å². The number of nitrogens with one attached hydrogen (secondary N) is 1. The Balaban J connectivity index is 1.94. The molecule has 9 nitrogen and oxygen atoms in total. The molecule has 190 valence electrons. The highest BCUT2D eigenvalue weighted by molar-refractivity contribution is 7.92. The number of hydrogen-bond acceptors (Lipinski definition) is 6. The lowest BCUT2D eigenvalue weighted by atomic mass is 10.1. The van der Waals surface area contributed by atoms with Gasteiger partial charge in [0, 0.05) is 29.2 Å². The Hall–Kier alpha value is -2.69. The maximum Gasteiger partial charge on any atom is 0.244 e. The molecule has 0 bridgehead atoms. The summed E-state index contributed by atoms with van der Waals surface area (Å²) in [5.41, 5.74) is 0.797. The summed E-state index contributed by atoms with van der Waals surface area (Å²) >= 11 is 12.3. The molecule has 1 atom stereocenters. The fourth-order valence-corrected chi connectivity index (χ4v) is 4.85. The zero-order chi connectivity index (χ0) is 25.8. The first-order valence-electron chi connectivity index (χ1n) is 10.9. The summed E-state index contributed by atoms with van der Waals surface area (Å²) in [6.07, 6.45) is 1.00. The molecule has 12 heteroatoms. The minimum atomic E-state index is -3.87. The van der Waals surface area contributed by atoms with E-state index < -0.39 is 28.5 Å². The van der Waals surface area contributed by atoms with E-state index in [1.165, 1.54) is 23.1 Å². The maximum atomic E-state index is 13.5. The Labute approximate surface area is 214 Å². The van der Waals surface area contributed by atoms with E-state index in [0.29, 0.717) is 46.9 Å². The van der Waals surface area contributed by atoms with E-state index in [2.05, 4.69) is 5.32 Å². The van der Waals surface area contributed by atoms with Crippen molar-refractivity contribution in [3.8, 4) is 11.5 Å². The Morgan fingerprint density at radius 2 is 1.77 bits per heavy atom. The monoisotopic (exact) mass is 543 g/mol. The fourth-order valence-electron chi connectivity index (χ4n) is 3.54. The number of ether oxygens (including phenoxy) is 2. The molecule has 35 heavy (non-hydrogen) atoms. The zero-order valence-electron chi connectivity index (χ0n) is 19.6. The van der Waals surface area contributed by atoms with Gasteiger partial charge in [-0.3, -0.25) is 13.9 Å². The second kappa shape index (κ2) is 11.4. The quantitative estimate of drug-likeness (QED) is 0.521. The zero-order valence-corrected chi connectivity index (χ0v) is 21.9. The number of hydrogen-bond donors (Lipinski definition) is 1. The molecule has 3 rings (SSSR count). The minimum absolute atomic E-state index is 0.0219. The van der Waals surface area contributed by atoms with Gasteiger partial charge >= 0.3 is 0 Å². The van der Waals surface area contributed by atoms with Gasteiger partial charge in [0.25, 0.3) is 0 Å². The number of anilines is 1. The normalized spacial score (nSPS) is 13.6. The number of rotatable bonds is 9. The van der Waals surface area contributed by atoms with Crippen molar-refractivity contribution in [1.29, 1.82) is 0 Å². The largest absolute Gasteiger partial charge is 0.486 e. The lowest BCUT2D eigenvalue weighted by Crippen LogP contribution is -2.51. The topological polar surface area (TPSA) is 105 Å². The highest BCUT2D eigenvalue weighted by Crippen LogP contribution is 2.35. The average molecular weight is 544 g/mol. The molecule has 1 aliphatic rings. The third-order valence-electron chi connectivity index (χ3n) is 5.37. The number of benzene rings is 2. The van der Waals surface area contributed by atoms with Crippen molar-refractivity contribution in [2.45, 2.75) is 26.4 Å². The molecule has 2 amide bonds. The van der Waals surface area contributed by atoms with E-state index >= 15 is 0 Å². The average Bonchev–Trinajstić information content (AvgIpc) is 2.80. The SMILES string of the molecule is CCNC(=O)C(C)N(Cc1ccc(Cl)cc1Cl)C(=O)CN(c1ccc2c(c1)OCCO2)S(C)(=O)=O. The van der Waals surface area contributed by atoms with Crippen molar-refractivity contribution in [2.24, 2.45) is 0 Å². The predicted molar refractivity (Wildman–Crippen MR) is 135 cm³/mol. The van der Waals surface area contributed by atoms with Gasteiger partial charge in [0.05, 0.1) is 11.9 Å². The van der Waals surface area contributed by atoms with Crippen molar-refractivity contribution < 1.29 is 27.5 Å². The number of sulfonamides is 1. The fraction of sp³-hybridized carbons (Fsp3) is 0.391. The number of halogens is 2. The van der Waals surface area contributed by atoms with E-state index in [0.717, 1.165) is 10.6 Å². The number of likely N-dealkylation sites (N-methyl/N-ethyl adjacent to an activating group) is 1. The van der Waals surface area contributed by atoms with E-state index in [4.69, 9.17) is 32.7 Å². The number of fused-ring (bicyclic) bond motifs is 1. The van der Waals surface area contributed by atoms with Crippen LogP contribution >= 0.6 is 23.2 Å². The lowest BCUT2D eigenvalue weighted by Gasteiger charge is -2.32. The molecule has 0 radical (unpaired) electrons. The molecule has 1 heterocycles. The molecule has 0 saturated heterocycles. The highest BCUT2D eigenvalue weighted by Gasteiger charge is 2.31. The number of carbonyl (C=O) groups excluding carboxylic acids is 2. The van der Waals surface area contributed by atoms with E-state index in [1.807, 2.05) is 0 Å². The molecule has 0 aliphatic carbocycles. The summed E-state index contributed by atoms with van der Waals surface area (Å²) in [4.78, 5) is 27.4. The molecular weight excluding hydrogens is 517 g/mol. The van der Waals surface area contributed by atoms with Crippen molar-refractivity contribution in [3.63, 3.8) is 0 Å². The van der Waals surface area contributed by atoms with Crippen LogP contribution in [0, 0.1) is 0 Å². The smallest absolute Gasteiger partial charge is 0.244 e. The van der Waals surface area contributed by atoms with Crippen LogP contribution in [0.1, 0.15) is 19.4 Å². The summed E-state index contributed by atoms with van der Waals surface area (Å²) in [5.74, 6) is -0.0924. The first kappa shape index (κ1) is 26.9. The number of amides is 2. The van der Waals surface area contributed by atoms with Crippen molar-refractivity contribution >= 4 is 50.7 Å². The van der Waals surface area contributed by atoms with Crippen LogP contribution in [-0.4, -0.2) is 63.7 Å². The first-order chi connectivity index (χ1) is 16.5. The molecule has 2 aromatic carbocycles. The van der Waals surface area contributed by atoms with Crippen molar-refractivity contribution in [3.05, 3.63) is 52.0 Å². The molecular formula is C23H27Cl2N3O6S. The van der Waals surface area contributed by atoms with Crippen LogP contribution in [0.25, 0.3) is 0 Å². The van der Waals surface area contributed by atoms with Gasteiger partial charge in [-0.1, -0.05) is 29.3 Å². The van der Waals surface area contributed by atoms with Gasteiger partial charge in [-0.05, 0) is 43.7 Å². The van der Waals surface area contributed by atoms with Crippen LogP contribution < -0.4 is 19.1 Å². The molecule has 2 aromatic rings. The van der Waals surface area contributed by atoms with Gasteiger partial charge in [0.2, 0.25) is 21.8 Å². The molecule has 1 unspecified atom stereocenters. The Morgan fingerprint density at radius 1 is 1.09 bits per heavy atom. The lowest BCUT2D eigenvalue weighted by molar-refractivity contribution is -0.139. The second-order valence-corrected chi connectivity index (χ2v) is 10.7. The van der Waals surface area contributed by atoms with Gasteiger partial charge < -0.3 is 19.7 Å². The van der Waals surface area contributed by atoms with E-state index in [1.54, 1.807) is 32.0 Å². The van der Waals surface area contributed by atoms with Crippen LogP contribution in [-0.2, 0) is 26.2 Å². The molecule has 0 fully saturated rings. The first-order valence-corrected chi connectivity index (χ1v) is 13.5. The predicted octanol–water partition coefficient (Wildman–Crippen LogP) is 3.08. The maximum absolute atomic E-state index is 13.5.